The lowest BCUT2D eigenvalue weighted by Crippen LogP contribution is -2.44. The first kappa shape index (κ1) is 18.9. The summed E-state index contributed by atoms with van der Waals surface area (Å²) in [5.41, 5.74) is 2.25. The summed E-state index contributed by atoms with van der Waals surface area (Å²) >= 11 is 0. The second kappa shape index (κ2) is 7.03. The van der Waals surface area contributed by atoms with E-state index in [1.54, 1.807) is 6.07 Å². The Bertz CT molecular complexity index is 844. The number of ether oxygens (including phenoxy) is 1. The molecule has 144 valence electrons. The third-order valence-corrected chi connectivity index (χ3v) is 5.01. The molecular weight excluding hydrogens is 350 g/mol. The normalized spacial score (nSPS) is 18.3. The van der Waals surface area contributed by atoms with Gasteiger partial charge in [-0.3, -0.25) is 9.59 Å². The predicted molar refractivity (Wildman–Crippen MR) is 97.6 cm³/mol. The van der Waals surface area contributed by atoms with Crippen LogP contribution in [0.15, 0.2) is 29.5 Å². The van der Waals surface area contributed by atoms with Crippen molar-refractivity contribution in [3.05, 3.63) is 40.6 Å². The lowest BCUT2D eigenvalue weighted by molar-refractivity contribution is -0.136. The molecule has 3 rings (SSSR count). The molecule has 0 aliphatic carbocycles. The van der Waals surface area contributed by atoms with Gasteiger partial charge in [0.25, 0.3) is 5.91 Å². The molecule has 0 unspecified atom stereocenters. The van der Waals surface area contributed by atoms with Crippen molar-refractivity contribution < 1.29 is 24.2 Å². The van der Waals surface area contributed by atoms with E-state index >= 15 is 0 Å². The molecule has 8 heteroatoms. The van der Waals surface area contributed by atoms with Gasteiger partial charge in [0, 0.05) is 18.8 Å². The third kappa shape index (κ3) is 3.28. The number of fused-ring (bicyclic) bond motifs is 1. The van der Waals surface area contributed by atoms with E-state index in [-0.39, 0.29) is 42.8 Å². The molecule has 0 spiro atoms. The average molecular weight is 373 g/mol. The van der Waals surface area contributed by atoms with Gasteiger partial charge >= 0.3 is 5.97 Å². The molecule has 27 heavy (non-hydrogen) atoms. The van der Waals surface area contributed by atoms with Crippen LogP contribution in [-0.4, -0.2) is 54.6 Å². The first-order valence-corrected chi connectivity index (χ1v) is 8.70. The molecule has 0 saturated carbocycles. The number of nitrogens with zero attached hydrogens (tertiary/aromatic N) is 1. The number of anilines is 1. The summed E-state index contributed by atoms with van der Waals surface area (Å²) in [7, 11) is 1.26. The Hall–Kier alpha value is -2.87. The summed E-state index contributed by atoms with van der Waals surface area (Å²) < 4.78 is 4.78. The zero-order chi connectivity index (χ0) is 19.8. The highest BCUT2D eigenvalue weighted by Crippen LogP contribution is 2.33. The maximum atomic E-state index is 12.6. The minimum Gasteiger partial charge on any atom is -0.466 e. The van der Waals surface area contributed by atoms with Crippen LogP contribution in [0.2, 0.25) is 0 Å². The Kier molecular flexibility index (Phi) is 4.93. The van der Waals surface area contributed by atoms with Crippen LogP contribution in [0.5, 0.6) is 0 Å². The summed E-state index contributed by atoms with van der Waals surface area (Å²) in [6.45, 7) is 4.15. The highest BCUT2D eigenvalue weighted by molar-refractivity contribution is 6.08. The SMILES string of the molecule is COC(=O)C1=C(Nc2ccc3c(c2)CNC(=O)C3(C)C)C(=O)N(CCO)C1. The fourth-order valence-electron chi connectivity index (χ4n) is 3.44. The van der Waals surface area contributed by atoms with Gasteiger partial charge in [-0.05, 0) is 37.1 Å². The molecule has 2 heterocycles. The second-order valence-corrected chi connectivity index (χ2v) is 7.10. The monoisotopic (exact) mass is 373 g/mol. The molecule has 2 aliphatic rings. The number of aliphatic hydroxyl groups excluding tert-OH is 1. The van der Waals surface area contributed by atoms with Gasteiger partial charge in [0.2, 0.25) is 5.91 Å². The predicted octanol–water partition coefficient (Wildman–Crippen LogP) is 0.268. The molecule has 0 bridgehead atoms. The van der Waals surface area contributed by atoms with Crippen molar-refractivity contribution >= 4 is 23.5 Å². The highest BCUT2D eigenvalue weighted by atomic mass is 16.5. The van der Waals surface area contributed by atoms with E-state index in [0.29, 0.717) is 12.2 Å². The van der Waals surface area contributed by atoms with Crippen molar-refractivity contribution in [2.75, 3.05) is 32.1 Å². The summed E-state index contributed by atoms with van der Waals surface area (Å²) in [6, 6.07) is 5.50. The van der Waals surface area contributed by atoms with E-state index in [1.165, 1.54) is 12.0 Å². The van der Waals surface area contributed by atoms with Crippen LogP contribution >= 0.6 is 0 Å². The van der Waals surface area contributed by atoms with Gasteiger partial charge in [-0.1, -0.05) is 6.07 Å². The van der Waals surface area contributed by atoms with E-state index in [2.05, 4.69) is 10.6 Å². The number of carbonyl (C=O) groups excluding carboxylic acids is 3. The van der Waals surface area contributed by atoms with E-state index < -0.39 is 11.4 Å². The maximum Gasteiger partial charge on any atom is 0.337 e. The zero-order valence-corrected chi connectivity index (χ0v) is 15.6. The number of hydrogen-bond donors (Lipinski definition) is 3. The van der Waals surface area contributed by atoms with Crippen molar-refractivity contribution in [3.63, 3.8) is 0 Å². The number of nitrogens with one attached hydrogen (secondary N) is 2. The molecule has 0 radical (unpaired) electrons. The van der Waals surface area contributed by atoms with Crippen LogP contribution in [-0.2, 0) is 31.1 Å². The minimum absolute atomic E-state index is 0.0305. The molecule has 3 N–H and O–H groups in total. The van der Waals surface area contributed by atoms with Crippen LogP contribution in [0.25, 0.3) is 0 Å². The Morgan fingerprint density at radius 1 is 1.37 bits per heavy atom. The lowest BCUT2D eigenvalue weighted by atomic mass is 9.78. The van der Waals surface area contributed by atoms with Crippen molar-refractivity contribution in [2.45, 2.75) is 25.8 Å². The van der Waals surface area contributed by atoms with Crippen LogP contribution in [0, 0.1) is 0 Å². The van der Waals surface area contributed by atoms with Gasteiger partial charge in [-0.2, -0.15) is 0 Å². The molecule has 1 aromatic rings. The van der Waals surface area contributed by atoms with Gasteiger partial charge in [0.15, 0.2) is 0 Å². The number of amides is 2. The molecule has 0 saturated heterocycles. The largest absolute Gasteiger partial charge is 0.466 e. The van der Waals surface area contributed by atoms with Gasteiger partial charge < -0.3 is 25.4 Å². The molecule has 0 atom stereocenters. The standard InChI is InChI=1S/C19H23N3O5/c1-19(2)14-5-4-12(8-11(14)9-20-18(19)26)21-15-13(17(25)27-3)10-22(6-7-23)16(15)24/h4-5,8,21,23H,6-7,9-10H2,1-3H3,(H,20,26). The Morgan fingerprint density at radius 2 is 2.11 bits per heavy atom. The van der Waals surface area contributed by atoms with E-state index in [0.717, 1.165) is 11.1 Å². The molecule has 0 fully saturated rings. The minimum atomic E-state index is -0.635. The summed E-state index contributed by atoms with van der Waals surface area (Å²) in [5.74, 6) is -0.981. The lowest BCUT2D eigenvalue weighted by Gasteiger charge is -2.32. The van der Waals surface area contributed by atoms with Gasteiger partial charge in [0.05, 0.1) is 31.2 Å². The number of rotatable bonds is 5. The van der Waals surface area contributed by atoms with Crippen LogP contribution in [0.1, 0.15) is 25.0 Å². The zero-order valence-electron chi connectivity index (χ0n) is 15.6. The number of β-amino-alcohol motifs (C(OH)–C–C–N with tert-alkyl or cyclic N) is 1. The molecule has 2 amide bonds. The maximum absolute atomic E-state index is 12.6. The quantitative estimate of drug-likeness (QED) is 0.640. The number of hydrogen-bond acceptors (Lipinski definition) is 6. The van der Waals surface area contributed by atoms with Crippen LogP contribution in [0.4, 0.5) is 5.69 Å². The van der Waals surface area contributed by atoms with Crippen LogP contribution in [0.3, 0.4) is 0 Å². The number of methoxy groups -OCH3 is 1. The summed E-state index contributed by atoms with van der Waals surface area (Å²) in [4.78, 5) is 38.1. The van der Waals surface area contributed by atoms with Crippen molar-refractivity contribution in [1.82, 2.24) is 10.2 Å². The van der Waals surface area contributed by atoms with E-state index in [1.807, 2.05) is 26.0 Å². The van der Waals surface area contributed by atoms with Crippen molar-refractivity contribution in [1.29, 1.82) is 0 Å². The summed E-state index contributed by atoms with van der Waals surface area (Å²) in [6.07, 6.45) is 0. The molecule has 8 nitrogen and oxygen atoms in total. The molecule has 2 aliphatic heterocycles. The van der Waals surface area contributed by atoms with Crippen molar-refractivity contribution in [2.24, 2.45) is 0 Å². The Labute approximate surface area is 157 Å². The van der Waals surface area contributed by atoms with Crippen LogP contribution < -0.4 is 10.6 Å². The number of benzene rings is 1. The molecule has 1 aromatic carbocycles. The number of esters is 1. The van der Waals surface area contributed by atoms with Gasteiger partial charge in [-0.15, -0.1) is 0 Å². The number of carbonyl (C=O) groups is 3. The summed E-state index contributed by atoms with van der Waals surface area (Å²) in [5, 5.41) is 15.0. The van der Waals surface area contributed by atoms with Crippen molar-refractivity contribution in [3.8, 4) is 0 Å². The van der Waals surface area contributed by atoms with E-state index in [4.69, 9.17) is 9.84 Å². The fraction of sp³-hybridized carbons (Fsp3) is 0.421. The average Bonchev–Trinajstić information content (AvgIpc) is 2.94. The second-order valence-electron chi connectivity index (χ2n) is 7.10. The molecular formula is C19H23N3O5. The first-order chi connectivity index (χ1) is 12.8. The molecule has 0 aromatic heterocycles. The van der Waals surface area contributed by atoms with E-state index in [9.17, 15) is 14.4 Å². The Morgan fingerprint density at radius 3 is 2.78 bits per heavy atom. The fourth-order valence-corrected chi connectivity index (χ4v) is 3.44. The Balaban J connectivity index is 1.92. The highest BCUT2D eigenvalue weighted by Gasteiger charge is 2.36. The van der Waals surface area contributed by atoms with Gasteiger partial charge in [-0.25, -0.2) is 4.79 Å². The topological polar surface area (TPSA) is 108 Å². The number of aliphatic hydroxyl groups is 1. The van der Waals surface area contributed by atoms with Gasteiger partial charge in [0.1, 0.15) is 5.70 Å². The first-order valence-electron chi connectivity index (χ1n) is 8.70. The third-order valence-electron chi connectivity index (χ3n) is 5.01. The smallest absolute Gasteiger partial charge is 0.337 e.